The first kappa shape index (κ1) is 7.96. The van der Waals surface area contributed by atoms with Crippen molar-refractivity contribution in [2.24, 2.45) is 0 Å². The molecule has 11 heavy (non-hydrogen) atoms. The Labute approximate surface area is 62.4 Å². The van der Waals surface area contributed by atoms with E-state index in [-0.39, 0.29) is 0 Å². The number of hydrogen-bond acceptors (Lipinski definition) is 4. The van der Waals surface area contributed by atoms with Gasteiger partial charge in [-0.3, -0.25) is 4.79 Å². The van der Waals surface area contributed by atoms with Crippen molar-refractivity contribution in [1.82, 2.24) is 10.2 Å². The van der Waals surface area contributed by atoms with Crippen molar-refractivity contribution in [3.05, 3.63) is 0 Å². The van der Waals surface area contributed by atoms with E-state index in [1.165, 1.54) is 6.92 Å². The van der Waals surface area contributed by atoms with Gasteiger partial charge in [0.05, 0.1) is 0 Å². The fraction of sp³-hybridized carbons (Fsp3) is 0.600. The Balaban J connectivity index is 2.80. The minimum Gasteiger partial charge on any atom is -0.351 e. The monoisotopic (exact) mass is 160 g/mol. The van der Waals surface area contributed by atoms with Gasteiger partial charge in [-0.15, -0.1) is 0 Å². The van der Waals surface area contributed by atoms with Gasteiger partial charge in [0.25, 0.3) is 5.91 Å². The molecule has 62 valence electrons. The molecule has 0 aromatic carbocycles. The quantitative estimate of drug-likeness (QED) is 0.311. The third-order valence-electron chi connectivity index (χ3n) is 1.40. The first-order chi connectivity index (χ1) is 5.04. The zero-order valence-corrected chi connectivity index (χ0v) is 5.81. The summed E-state index contributed by atoms with van der Waals surface area (Å²) < 4.78 is 0. The number of rotatable bonds is 1. The predicted molar refractivity (Wildman–Crippen MR) is 33.1 cm³/mol. The van der Waals surface area contributed by atoms with Crippen molar-refractivity contribution < 1.29 is 19.8 Å². The van der Waals surface area contributed by atoms with E-state index in [1.807, 2.05) is 0 Å². The van der Waals surface area contributed by atoms with Crippen LogP contribution in [0.1, 0.15) is 6.92 Å². The lowest BCUT2D eigenvalue weighted by atomic mass is 10.3. The van der Waals surface area contributed by atoms with E-state index >= 15 is 0 Å². The van der Waals surface area contributed by atoms with Crippen molar-refractivity contribution >= 4 is 11.9 Å². The van der Waals surface area contributed by atoms with Gasteiger partial charge in [0.15, 0.2) is 0 Å². The molecule has 1 fully saturated rings. The lowest BCUT2D eigenvalue weighted by Gasteiger charge is -2.13. The summed E-state index contributed by atoms with van der Waals surface area (Å²) in [6, 6.07) is -1.46. The number of imide groups is 1. The topological polar surface area (TPSA) is 89.9 Å². The molecule has 1 heterocycles. The summed E-state index contributed by atoms with van der Waals surface area (Å²) in [5.41, 5.74) is 0. The fourth-order valence-electron chi connectivity index (χ4n) is 0.844. The number of hydrogen-bond donors (Lipinski definition) is 3. The van der Waals surface area contributed by atoms with Crippen LogP contribution in [0.2, 0.25) is 0 Å². The molecule has 1 unspecified atom stereocenters. The molecule has 0 bridgehead atoms. The maximum atomic E-state index is 10.9. The molecule has 1 saturated heterocycles. The highest BCUT2D eigenvalue weighted by molar-refractivity contribution is 6.03. The van der Waals surface area contributed by atoms with Crippen LogP contribution in [0.3, 0.4) is 0 Å². The van der Waals surface area contributed by atoms with Gasteiger partial charge in [0.2, 0.25) is 6.41 Å². The molecule has 0 aliphatic carbocycles. The van der Waals surface area contributed by atoms with Crippen LogP contribution in [0.25, 0.3) is 0 Å². The molecule has 0 saturated carbocycles. The van der Waals surface area contributed by atoms with E-state index in [0.29, 0.717) is 4.90 Å². The van der Waals surface area contributed by atoms with Crippen LogP contribution < -0.4 is 5.32 Å². The molecule has 1 aliphatic heterocycles. The Morgan fingerprint density at radius 1 is 1.55 bits per heavy atom. The van der Waals surface area contributed by atoms with Gasteiger partial charge in [-0.25, -0.2) is 9.69 Å². The van der Waals surface area contributed by atoms with Gasteiger partial charge < -0.3 is 15.5 Å². The number of urea groups is 1. The van der Waals surface area contributed by atoms with Crippen molar-refractivity contribution in [2.45, 2.75) is 19.4 Å². The standard InChI is InChI=1S/C5H8N2O4/c1-2-3(8)7(5(10)11)4(9)6-2/h2,5,10-11H,1H3,(H,6,9). The summed E-state index contributed by atoms with van der Waals surface area (Å²) in [7, 11) is 0. The number of amides is 3. The summed E-state index contributed by atoms with van der Waals surface area (Å²) in [5, 5.41) is 19.2. The van der Waals surface area contributed by atoms with Crippen LogP contribution in [0.4, 0.5) is 4.79 Å². The minimum absolute atomic E-state index is 0.352. The Hall–Kier alpha value is -1.14. The lowest BCUT2D eigenvalue weighted by Crippen LogP contribution is -2.40. The van der Waals surface area contributed by atoms with E-state index in [2.05, 4.69) is 5.32 Å². The fourth-order valence-corrected chi connectivity index (χ4v) is 0.844. The Bertz CT molecular complexity index is 203. The maximum absolute atomic E-state index is 10.9. The second-order valence-electron chi connectivity index (χ2n) is 2.23. The normalized spacial score (nSPS) is 24.7. The van der Waals surface area contributed by atoms with Gasteiger partial charge in [0, 0.05) is 0 Å². The third-order valence-corrected chi connectivity index (χ3v) is 1.40. The van der Waals surface area contributed by atoms with E-state index in [0.717, 1.165) is 0 Å². The van der Waals surface area contributed by atoms with Gasteiger partial charge in [0.1, 0.15) is 6.04 Å². The molecule has 3 amide bonds. The molecular weight excluding hydrogens is 152 g/mol. The van der Waals surface area contributed by atoms with Crippen LogP contribution in [-0.2, 0) is 4.79 Å². The molecule has 0 spiro atoms. The van der Waals surface area contributed by atoms with Crippen molar-refractivity contribution in [2.75, 3.05) is 0 Å². The zero-order chi connectivity index (χ0) is 8.59. The lowest BCUT2D eigenvalue weighted by molar-refractivity contribution is -0.159. The first-order valence-electron chi connectivity index (χ1n) is 3.03. The number of nitrogens with one attached hydrogen (secondary N) is 1. The highest BCUT2D eigenvalue weighted by Gasteiger charge is 2.38. The summed E-state index contributed by atoms with van der Waals surface area (Å²) in [6.45, 7) is 1.46. The van der Waals surface area contributed by atoms with E-state index in [9.17, 15) is 9.59 Å². The maximum Gasteiger partial charge on any atom is 0.328 e. The van der Waals surface area contributed by atoms with Gasteiger partial charge in [-0.1, -0.05) is 0 Å². The van der Waals surface area contributed by atoms with Crippen molar-refractivity contribution in [1.29, 1.82) is 0 Å². The van der Waals surface area contributed by atoms with Crippen molar-refractivity contribution in [3.63, 3.8) is 0 Å². The Kier molecular flexibility index (Phi) is 1.79. The molecule has 1 aliphatic rings. The molecular formula is C5H8N2O4. The van der Waals surface area contributed by atoms with Gasteiger partial charge in [-0.05, 0) is 6.92 Å². The number of nitrogens with zero attached hydrogens (tertiary/aromatic N) is 1. The van der Waals surface area contributed by atoms with E-state index in [1.54, 1.807) is 0 Å². The van der Waals surface area contributed by atoms with Crippen LogP contribution in [0.5, 0.6) is 0 Å². The third kappa shape index (κ3) is 1.17. The largest absolute Gasteiger partial charge is 0.351 e. The molecule has 0 radical (unpaired) electrons. The number of carbonyl (C=O) groups excluding carboxylic acids is 2. The van der Waals surface area contributed by atoms with Gasteiger partial charge in [-0.2, -0.15) is 0 Å². The highest BCUT2D eigenvalue weighted by atomic mass is 16.5. The summed E-state index contributed by atoms with van der Waals surface area (Å²) in [4.78, 5) is 21.9. The first-order valence-corrected chi connectivity index (χ1v) is 3.03. The molecule has 6 heteroatoms. The molecule has 1 rings (SSSR count). The highest BCUT2D eigenvalue weighted by Crippen LogP contribution is 2.06. The smallest absolute Gasteiger partial charge is 0.328 e. The zero-order valence-electron chi connectivity index (χ0n) is 5.81. The van der Waals surface area contributed by atoms with Crippen LogP contribution in [-0.4, -0.2) is 39.5 Å². The van der Waals surface area contributed by atoms with E-state index < -0.39 is 24.4 Å². The van der Waals surface area contributed by atoms with Crippen LogP contribution >= 0.6 is 0 Å². The second kappa shape index (κ2) is 2.48. The van der Waals surface area contributed by atoms with Crippen LogP contribution in [0.15, 0.2) is 0 Å². The summed E-state index contributed by atoms with van der Waals surface area (Å²) in [5.74, 6) is -0.634. The average molecular weight is 160 g/mol. The minimum atomic E-state index is -2.05. The SMILES string of the molecule is CC1NC(=O)N(C(O)O)C1=O. The molecule has 1 atom stereocenters. The summed E-state index contributed by atoms with van der Waals surface area (Å²) >= 11 is 0. The number of aliphatic hydroxyl groups is 2. The molecule has 3 N–H and O–H groups in total. The van der Waals surface area contributed by atoms with Crippen LogP contribution in [0, 0.1) is 0 Å². The average Bonchev–Trinajstić information content (AvgIpc) is 2.07. The van der Waals surface area contributed by atoms with E-state index in [4.69, 9.17) is 10.2 Å². The number of carbonyl (C=O) groups is 2. The second-order valence-corrected chi connectivity index (χ2v) is 2.23. The molecule has 6 nitrogen and oxygen atoms in total. The number of aliphatic hydroxyl groups excluding tert-OH is 1. The Morgan fingerprint density at radius 3 is 2.27 bits per heavy atom. The summed E-state index contributed by atoms with van der Waals surface area (Å²) in [6.07, 6.45) is -2.05. The van der Waals surface area contributed by atoms with Gasteiger partial charge >= 0.3 is 6.03 Å². The van der Waals surface area contributed by atoms with Crippen molar-refractivity contribution in [3.8, 4) is 0 Å². The predicted octanol–water partition coefficient (Wildman–Crippen LogP) is -1.81. The molecule has 0 aromatic heterocycles. The Morgan fingerprint density at radius 2 is 2.09 bits per heavy atom. The molecule has 0 aromatic rings.